The fourth-order valence-electron chi connectivity index (χ4n) is 2.13. The molecule has 1 N–H and O–H groups in total. The van der Waals surface area contributed by atoms with Crippen LogP contribution in [0, 0.1) is 0 Å². The van der Waals surface area contributed by atoms with Crippen LogP contribution in [0.1, 0.15) is 21.5 Å². The summed E-state index contributed by atoms with van der Waals surface area (Å²) in [5.41, 5.74) is -0.717. The number of benzene rings is 2. The number of hydrogen-bond donors (Lipinski definition) is 1. The number of ether oxygens (including phenoxy) is 2. The largest absolute Gasteiger partial charge is 0.497 e. The number of alkyl halides is 3. The molecule has 0 fully saturated rings. The van der Waals surface area contributed by atoms with E-state index in [-0.39, 0.29) is 5.56 Å². The molecule has 138 valence electrons. The first kappa shape index (κ1) is 19.3. The van der Waals surface area contributed by atoms with Gasteiger partial charge in [0.15, 0.2) is 0 Å². The van der Waals surface area contributed by atoms with E-state index < -0.39 is 36.8 Å². The van der Waals surface area contributed by atoms with Gasteiger partial charge in [0, 0.05) is 11.1 Å². The van der Waals surface area contributed by atoms with Gasteiger partial charge in [-0.05, 0) is 30.3 Å². The van der Waals surface area contributed by atoms with Crippen LogP contribution in [0.15, 0.2) is 48.5 Å². The summed E-state index contributed by atoms with van der Waals surface area (Å²) >= 11 is 0. The summed E-state index contributed by atoms with van der Waals surface area (Å²) in [5.74, 6) is -0.784. The van der Waals surface area contributed by atoms with Gasteiger partial charge in [-0.2, -0.15) is 13.2 Å². The Balaban J connectivity index is 1.87. The van der Waals surface area contributed by atoms with E-state index in [1.165, 1.54) is 37.4 Å². The Labute approximate surface area is 147 Å². The first-order valence-corrected chi connectivity index (χ1v) is 7.54. The van der Waals surface area contributed by atoms with Crippen molar-refractivity contribution in [2.75, 3.05) is 13.7 Å². The van der Waals surface area contributed by atoms with E-state index in [9.17, 15) is 22.8 Å². The Morgan fingerprint density at radius 1 is 1.04 bits per heavy atom. The summed E-state index contributed by atoms with van der Waals surface area (Å²) in [7, 11) is 1.49. The standard InChI is InChI=1S/C18H16F3NO4/c1-25-14-8-6-12(7-9-14)17(24)22-10-16(23)26-11-13-4-2-3-5-15(13)18(19,20)21/h2-9H,10-11H2,1H3,(H,22,24). The molecule has 0 aromatic heterocycles. The van der Waals surface area contributed by atoms with Crippen molar-refractivity contribution < 1.29 is 32.2 Å². The number of carbonyl (C=O) groups is 2. The molecule has 0 heterocycles. The first-order valence-electron chi connectivity index (χ1n) is 7.54. The lowest BCUT2D eigenvalue weighted by Crippen LogP contribution is -2.30. The third kappa shape index (κ3) is 5.23. The minimum Gasteiger partial charge on any atom is -0.497 e. The molecular formula is C18H16F3NO4. The average molecular weight is 367 g/mol. The maximum Gasteiger partial charge on any atom is 0.416 e. The van der Waals surface area contributed by atoms with Crippen LogP contribution in [0.4, 0.5) is 13.2 Å². The highest BCUT2D eigenvalue weighted by molar-refractivity contribution is 5.96. The Morgan fingerprint density at radius 3 is 2.31 bits per heavy atom. The lowest BCUT2D eigenvalue weighted by Gasteiger charge is -2.13. The molecule has 0 saturated heterocycles. The second kappa shape index (κ2) is 8.37. The lowest BCUT2D eigenvalue weighted by molar-refractivity contribution is -0.146. The Hall–Kier alpha value is -3.03. The van der Waals surface area contributed by atoms with Gasteiger partial charge in [0.2, 0.25) is 0 Å². The van der Waals surface area contributed by atoms with Gasteiger partial charge in [-0.3, -0.25) is 9.59 Å². The monoisotopic (exact) mass is 367 g/mol. The molecule has 0 saturated carbocycles. The lowest BCUT2D eigenvalue weighted by atomic mass is 10.1. The molecule has 5 nitrogen and oxygen atoms in total. The number of methoxy groups -OCH3 is 1. The predicted octanol–water partition coefficient (Wildman–Crippen LogP) is 3.19. The summed E-state index contributed by atoms with van der Waals surface area (Å²) in [6.45, 7) is -0.994. The molecule has 0 bridgehead atoms. The molecule has 2 aromatic carbocycles. The highest BCUT2D eigenvalue weighted by Gasteiger charge is 2.33. The van der Waals surface area contributed by atoms with Crippen molar-refractivity contribution in [3.63, 3.8) is 0 Å². The topological polar surface area (TPSA) is 64.6 Å². The summed E-state index contributed by atoms with van der Waals surface area (Å²) in [5, 5.41) is 2.34. The number of nitrogens with one attached hydrogen (secondary N) is 1. The second-order valence-electron chi connectivity index (χ2n) is 5.23. The number of halogens is 3. The fraction of sp³-hybridized carbons (Fsp3) is 0.222. The van der Waals surface area contributed by atoms with E-state index in [0.717, 1.165) is 6.07 Å². The number of rotatable bonds is 6. The van der Waals surface area contributed by atoms with E-state index in [0.29, 0.717) is 11.3 Å². The smallest absolute Gasteiger partial charge is 0.416 e. The molecule has 2 aromatic rings. The van der Waals surface area contributed by atoms with Crippen LogP contribution in [0.25, 0.3) is 0 Å². The van der Waals surface area contributed by atoms with Gasteiger partial charge in [-0.1, -0.05) is 18.2 Å². The maximum absolute atomic E-state index is 12.9. The van der Waals surface area contributed by atoms with Crippen molar-refractivity contribution in [2.45, 2.75) is 12.8 Å². The third-order valence-electron chi connectivity index (χ3n) is 3.46. The zero-order chi connectivity index (χ0) is 19.2. The number of hydrogen-bond acceptors (Lipinski definition) is 4. The molecule has 2 rings (SSSR count). The van der Waals surface area contributed by atoms with Crippen molar-refractivity contribution in [3.8, 4) is 5.75 Å². The SMILES string of the molecule is COc1ccc(C(=O)NCC(=O)OCc2ccccc2C(F)(F)F)cc1. The molecular weight excluding hydrogens is 351 g/mol. The van der Waals surface area contributed by atoms with Crippen LogP contribution in [0.5, 0.6) is 5.75 Å². The van der Waals surface area contributed by atoms with Crippen LogP contribution in [-0.4, -0.2) is 25.5 Å². The Morgan fingerprint density at radius 2 is 1.69 bits per heavy atom. The summed E-state index contributed by atoms with van der Waals surface area (Å²) in [6, 6.07) is 11.0. The minimum absolute atomic E-state index is 0.158. The van der Waals surface area contributed by atoms with Gasteiger partial charge >= 0.3 is 12.1 Å². The van der Waals surface area contributed by atoms with Crippen molar-refractivity contribution in [1.82, 2.24) is 5.32 Å². The van der Waals surface area contributed by atoms with Gasteiger partial charge in [0.25, 0.3) is 5.91 Å². The van der Waals surface area contributed by atoms with Crippen molar-refractivity contribution in [1.29, 1.82) is 0 Å². The van der Waals surface area contributed by atoms with Crippen molar-refractivity contribution in [3.05, 3.63) is 65.2 Å². The molecule has 0 radical (unpaired) electrons. The maximum atomic E-state index is 12.9. The van der Waals surface area contributed by atoms with Gasteiger partial charge in [0.1, 0.15) is 18.9 Å². The molecule has 0 unspecified atom stereocenters. The van der Waals surface area contributed by atoms with E-state index >= 15 is 0 Å². The first-order chi connectivity index (χ1) is 12.3. The van der Waals surface area contributed by atoms with Crippen LogP contribution >= 0.6 is 0 Å². The quantitative estimate of drug-likeness (QED) is 0.797. The Bertz CT molecular complexity index is 773. The predicted molar refractivity (Wildman–Crippen MR) is 86.6 cm³/mol. The molecule has 0 atom stereocenters. The van der Waals surface area contributed by atoms with E-state index in [1.54, 1.807) is 12.1 Å². The molecule has 0 aliphatic rings. The van der Waals surface area contributed by atoms with Crippen LogP contribution in [0.3, 0.4) is 0 Å². The minimum atomic E-state index is -4.54. The zero-order valence-electron chi connectivity index (χ0n) is 13.8. The molecule has 0 spiro atoms. The van der Waals surface area contributed by atoms with Crippen LogP contribution in [0.2, 0.25) is 0 Å². The van der Waals surface area contributed by atoms with Crippen LogP contribution < -0.4 is 10.1 Å². The second-order valence-corrected chi connectivity index (χ2v) is 5.23. The van der Waals surface area contributed by atoms with Crippen LogP contribution in [-0.2, 0) is 22.3 Å². The zero-order valence-corrected chi connectivity index (χ0v) is 13.8. The van der Waals surface area contributed by atoms with Gasteiger partial charge < -0.3 is 14.8 Å². The van der Waals surface area contributed by atoms with Crippen molar-refractivity contribution >= 4 is 11.9 Å². The molecule has 0 aliphatic carbocycles. The highest BCUT2D eigenvalue weighted by atomic mass is 19.4. The van der Waals surface area contributed by atoms with Crippen molar-refractivity contribution in [2.24, 2.45) is 0 Å². The van der Waals surface area contributed by atoms with Gasteiger partial charge in [-0.25, -0.2) is 0 Å². The summed E-state index contributed by atoms with van der Waals surface area (Å²) in [6.07, 6.45) is -4.54. The fourth-order valence-corrected chi connectivity index (χ4v) is 2.13. The van der Waals surface area contributed by atoms with E-state index in [4.69, 9.17) is 9.47 Å². The number of amides is 1. The summed E-state index contributed by atoms with van der Waals surface area (Å²) < 4.78 is 48.4. The number of carbonyl (C=O) groups excluding carboxylic acids is 2. The third-order valence-corrected chi connectivity index (χ3v) is 3.46. The van der Waals surface area contributed by atoms with Gasteiger partial charge in [-0.15, -0.1) is 0 Å². The normalized spacial score (nSPS) is 10.9. The van der Waals surface area contributed by atoms with E-state index in [1.807, 2.05) is 0 Å². The highest BCUT2D eigenvalue weighted by Crippen LogP contribution is 2.32. The molecule has 8 heteroatoms. The number of esters is 1. The van der Waals surface area contributed by atoms with E-state index in [2.05, 4.69) is 5.32 Å². The molecule has 26 heavy (non-hydrogen) atoms. The average Bonchev–Trinajstić information content (AvgIpc) is 2.64. The molecule has 0 aliphatic heterocycles. The summed E-state index contributed by atoms with van der Waals surface area (Å²) in [4.78, 5) is 23.6. The Kier molecular flexibility index (Phi) is 6.21. The molecule has 1 amide bonds. The van der Waals surface area contributed by atoms with Gasteiger partial charge in [0.05, 0.1) is 12.7 Å².